The number of para-hydroxylation sites is 1. The average molecular weight is 333 g/mol. The zero-order chi connectivity index (χ0) is 17.4. The SMILES string of the molecule is Cc1ccccc1OCCCC(=O)N1CCCC[C@H]1CNC(N)=O. The predicted molar refractivity (Wildman–Crippen MR) is 92.8 cm³/mol. The monoisotopic (exact) mass is 333 g/mol. The van der Waals surface area contributed by atoms with Gasteiger partial charge in [0, 0.05) is 25.6 Å². The van der Waals surface area contributed by atoms with E-state index in [1.807, 2.05) is 36.1 Å². The smallest absolute Gasteiger partial charge is 0.312 e. The molecule has 1 atom stereocenters. The maximum atomic E-state index is 12.5. The Hall–Kier alpha value is -2.24. The second kappa shape index (κ2) is 9.15. The van der Waals surface area contributed by atoms with E-state index in [1.54, 1.807) is 0 Å². The second-order valence-corrected chi connectivity index (χ2v) is 6.20. The maximum absolute atomic E-state index is 12.5. The van der Waals surface area contributed by atoms with Crippen molar-refractivity contribution in [3.05, 3.63) is 29.8 Å². The van der Waals surface area contributed by atoms with Gasteiger partial charge in [0.25, 0.3) is 0 Å². The molecule has 3 N–H and O–H groups in total. The number of urea groups is 1. The summed E-state index contributed by atoms with van der Waals surface area (Å²) in [4.78, 5) is 25.2. The summed E-state index contributed by atoms with van der Waals surface area (Å²) in [5.74, 6) is 0.991. The quantitative estimate of drug-likeness (QED) is 0.750. The first kappa shape index (κ1) is 18.1. The maximum Gasteiger partial charge on any atom is 0.312 e. The lowest BCUT2D eigenvalue weighted by molar-refractivity contribution is -0.135. The van der Waals surface area contributed by atoms with Crippen LogP contribution in [0.1, 0.15) is 37.7 Å². The van der Waals surface area contributed by atoms with Crippen LogP contribution >= 0.6 is 0 Å². The van der Waals surface area contributed by atoms with Crippen molar-refractivity contribution in [3.63, 3.8) is 0 Å². The molecule has 2 rings (SSSR count). The van der Waals surface area contributed by atoms with E-state index in [1.165, 1.54) is 0 Å². The third-order valence-electron chi connectivity index (χ3n) is 4.35. The van der Waals surface area contributed by atoms with Crippen molar-refractivity contribution >= 4 is 11.9 Å². The van der Waals surface area contributed by atoms with E-state index in [2.05, 4.69) is 5.32 Å². The van der Waals surface area contributed by atoms with Crippen LogP contribution in [0.25, 0.3) is 0 Å². The number of carbonyl (C=O) groups excluding carboxylic acids is 2. The van der Waals surface area contributed by atoms with Crippen LogP contribution in [0, 0.1) is 6.92 Å². The van der Waals surface area contributed by atoms with E-state index in [0.29, 0.717) is 26.0 Å². The van der Waals surface area contributed by atoms with Crippen LogP contribution in [0.3, 0.4) is 0 Å². The molecule has 1 fully saturated rings. The molecule has 0 radical (unpaired) electrons. The van der Waals surface area contributed by atoms with Gasteiger partial charge in [0.05, 0.1) is 6.61 Å². The van der Waals surface area contributed by atoms with Gasteiger partial charge in [-0.05, 0) is 44.2 Å². The molecule has 1 aromatic rings. The zero-order valence-corrected chi connectivity index (χ0v) is 14.3. The first-order valence-electron chi connectivity index (χ1n) is 8.59. The topological polar surface area (TPSA) is 84.7 Å². The second-order valence-electron chi connectivity index (χ2n) is 6.20. The molecule has 0 bridgehead atoms. The predicted octanol–water partition coefficient (Wildman–Crippen LogP) is 2.20. The summed E-state index contributed by atoms with van der Waals surface area (Å²) in [5.41, 5.74) is 6.22. The third kappa shape index (κ3) is 5.44. The van der Waals surface area contributed by atoms with Crippen LogP contribution in [0.5, 0.6) is 5.75 Å². The van der Waals surface area contributed by atoms with E-state index >= 15 is 0 Å². The van der Waals surface area contributed by atoms with Gasteiger partial charge in [-0.3, -0.25) is 4.79 Å². The molecule has 1 heterocycles. The molecule has 6 nitrogen and oxygen atoms in total. The van der Waals surface area contributed by atoms with Crippen molar-refractivity contribution in [2.24, 2.45) is 5.73 Å². The number of likely N-dealkylation sites (tertiary alicyclic amines) is 1. The van der Waals surface area contributed by atoms with Gasteiger partial charge in [0.1, 0.15) is 5.75 Å². The third-order valence-corrected chi connectivity index (χ3v) is 4.35. The molecule has 0 aromatic heterocycles. The van der Waals surface area contributed by atoms with Gasteiger partial charge in [-0.25, -0.2) is 4.79 Å². The minimum atomic E-state index is -0.542. The normalized spacial score (nSPS) is 17.4. The van der Waals surface area contributed by atoms with Crippen LogP contribution in [0.4, 0.5) is 4.79 Å². The van der Waals surface area contributed by atoms with Gasteiger partial charge in [-0.1, -0.05) is 18.2 Å². The van der Waals surface area contributed by atoms with Gasteiger partial charge >= 0.3 is 6.03 Å². The van der Waals surface area contributed by atoms with Crippen molar-refractivity contribution in [1.29, 1.82) is 0 Å². The molecule has 24 heavy (non-hydrogen) atoms. The van der Waals surface area contributed by atoms with Crippen molar-refractivity contribution in [2.45, 2.75) is 45.1 Å². The Morgan fingerprint density at radius 2 is 2.12 bits per heavy atom. The summed E-state index contributed by atoms with van der Waals surface area (Å²) in [6, 6.07) is 7.37. The number of piperidine rings is 1. The number of hydrogen-bond donors (Lipinski definition) is 2. The highest BCUT2D eigenvalue weighted by molar-refractivity contribution is 5.77. The Morgan fingerprint density at radius 1 is 1.33 bits per heavy atom. The van der Waals surface area contributed by atoms with Gasteiger partial charge in [-0.2, -0.15) is 0 Å². The van der Waals surface area contributed by atoms with Gasteiger partial charge in [0.2, 0.25) is 5.91 Å². The Labute approximate surface area is 143 Å². The highest BCUT2D eigenvalue weighted by Gasteiger charge is 2.26. The Bertz CT molecular complexity index is 562. The largest absolute Gasteiger partial charge is 0.493 e. The lowest BCUT2D eigenvalue weighted by Crippen LogP contribution is -2.50. The number of ether oxygens (including phenoxy) is 1. The van der Waals surface area contributed by atoms with Crippen molar-refractivity contribution in [2.75, 3.05) is 19.7 Å². The van der Waals surface area contributed by atoms with Gasteiger partial charge in [-0.15, -0.1) is 0 Å². The fourth-order valence-corrected chi connectivity index (χ4v) is 3.03. The van der Waals surface area contributed by atoms with Crippen LogP contribution in [-0.4, -0.2) is 42.6 Å². The van der Waals surface area contributed by atoms with Gasteiger partial charge in [0.15, 0.2) is 0 Å². The van der Waals surface area contributed by atoms with Crippen LogP contribution in [0.15, 0.2) is 24.3 Å². The highest BCUT2D eigenvalue weighted by Crippen LogP contribution is 2.19. The zero-order valence-electron chi connectivity index (χ0n) is 14.3. The van der Waals surface area contributed by atoms with Gasteiger partial charge < -0.3 is 20.7 Å². The van der Waals surface area contributed by atoms with E-state index < -0.39 is 6.03 Å². The number of nitrogens with one attached hydrogen (secondary N) is 1. The summed E-state index contributed by atoms with van der Waals surface area (Å²) in [5, 5.41) is 2.62. The first-order valence-corrected chi connectivity index (χ1v) is 8.59. The van der Waals surface area contributed by atoms with Crippen LogP contribution in [-0.2, 0) is 4.79 Å². The lowest BCUT2D eigenvalue weighted by Gasteiger charge is -2.36. The number of amides is 3. The molecule has 1 saturated heterocycles. The molecule has 0 saturated carbocycles. The standard InChI is InChI=1S/C18H27N3O3/c1-14-7-2-3-9-16(14)24-12-6-10-17(22)21-11-5-4-8-15(21)13-20-18(19)23/h2-3,7,9,15H,4-6,8,10-13H2,1H3,(H3,19,20,23)/t15-/m0/s1. The summed E-state index contributed by atoms with van der Waals surface area (Å²) in [7, 11) is 0. The molecule has 0 spiro atoms. The summed E-state index contributed by atoms with van der Waals surface area (Å²) >= 11 is 0. The molecule has 132 valence electrons. The number of nitrogens with two attached hydrogens (primary N) is 1. The number of primary amides is 1. The molecule has 1 aliphatic rings. The molecule has 0 aliphatic carbocycles. The van der Waals surface area contributed by atoms with E-state index in [-0.39, 0.29) is 11.9 Å². The van der Waals surface area contributed by atoms with E-state index in [9.17, 15) is 9.59 Å². The molecule has 1 aliphatic heterocycles. The molecular weight excluding hydrogens is 306 g/mol. The number of hydrogen-bond acceptors (Lipinski definition) is 3. The van der Waals surface area contributed by atoms with E-state index in [0.717, 1.165) is 37.1 Å². The molecule has 6 heteroatoms. The van der Waals surface area contributed by atoms with Crippen LogP contribution < -0.4 is 15.8 Å². The summed E-state index contributed by atoms with van der Waals surface area (Å²) in [6.45, 7) is 3.71. The average Bonchev–Trinajstić information content (AvgIpc) is 2.58. The van der Waals surface area contributed by atoms with Crippen molar-refractivity contribution < 1.29 is 14.3 Å². The van der Waals surface area contributed by atoms with Crippen molar-refractivity contribution in [1.82, 2.24) is 10.2 Å². The van der Waals surface area contributed by atoms with Crippen LogP contribution in [0.2, 0.25) is 0 Å². The molecule has 0 unspecified atom stereocenters. The number of aryl methyl sites for hydroxylation is 1. The Kier molecular flexibility index (Phi) is 6.90. The minimum absolute atomic E-state index is 0.0519. The highest BCUT2D eigenvalue weighted by atomic mass is 16.5. The van der Waals surface area contributed by atoms with Crippen molar-refractivity contribution in [3.8, 4) is 5.75 Å². The molecule has 1 aromatic carbocycles. The number of nitrogens with zero attached hydrogens (tertiary/aromatic N) is 1. The fraction of sp³-hybridized carbons (Fsp3) is 0.556. The lowest BCUT2D eigenvalue weighted by atomic mass is 10.0. The van der Waals surface area contributed by atoms with E-state index in [4.69, 9.17) is 10.5 Å². The number of carbonyl (C=O) groups is 2. The summed E-state index contributed by atoms with van der Waals surface area (Å²) in [6.07, 6.45) is 4.13. The number of benzene rings is 1. The summed E-state index contributed by atoms with van der Waals surface area (Å²) < 4.78 is 5.74. The Morgan fingerprint density at radius 3 is 2.88 bits per heavy atom. The molecule has 3 amide bonds. The first-order chi connectivity index (χ1) is 11.6. The molecular formula is C18H27N3O3. The Balaban J connectivity index is 1.75. The number of rotatable bonds is 7. The fourth-order valence-electron chi connectivity index (χ4n) is 3.03. The minimum Gasteiger partial charge on any atom is -0.493 e.